The van der Waals surface area contributed by atoms with E-state index in [4.69, 9.17) is 0 Å². The Bertz CT molecular complexity index is 247. The smallest absolute Gasteiger partial charge is 0.330 e. The first-order valence-corrected chi connectivity index (χ1v) is 4.86. The van der Waals surface area contributed by atoms with Gasteiger partial charge in [-0.3, -0.25) is 0 Å². The van der Waals surface area contributed by atoms with E-state index in [9.17, 15) is 4.79 Å². The van der Waals surface area contributed by atoms with Crippen molar-refractivity contribution in [3.8, 4) is 0 Å². The van der Waals surface area contributed by atoms with Crippen LogP contribution in [0.4, 0.5) is 0 Å². The Kier molecular flexibility index (Phi) is 7.52. The monoisotopic (exact) mass is 194 g/mol. The standard InChI is InChI=1S/C12H18O2/c1-4-8-11(5-2)9-6-7-10-12(13)14-3/h6-10H,4-5H2,1-3H3/b9-6+,10-7+,11-8+. The molecule has 2 nitrogen and oxygen atoms in total. The van der Waals surface area contributed by atoms with Crippen molar-refractivity contribution in [1.82, 2.24) is 0 Å². The molecule has 14 heavy (non-hydrogen) atoms. The zero-order valence-corrected chi connectivity index (χ0v) is 9.12. The fourth-order valence-electron chi connectivity index (χ4n) is 0.974. The van der Waals surface area contributed by atoms with Gasteiger partial charge in [-0.2, -0.15) is 0 Å². The molecule has 0 N–H and O–H groups in total. The molecule has 0 aliphatic rings. The van der Waals surface area contributed by atoms with E-state index >= 15 is 0 Å². The van der Waals surface area contributed by atoms with Gasteiger partial charge in [-0.05, 0) is 12.8 Å². The van der Waals surface area contributed by atoms with E-state index < -0.39 is 0 Å². The van der Waals surface area contributed by atoms with Crippen LogP contribution in [-0.2, 0) is 9.53 Å². The number of methoxy groups -OCH3 is 1. The summed E-state index contributed by atoms with van der Waals surface area (Å²) in [5.41, 5.74) is 1.28. The summed E-state index contributed by atoms with van der Waals surface area (Å²) in [4.78, 5) is 10.7. The van der Waals surface area contributed by atoms with Crippen LogP contribution in [0.25, 0.3) is 0 Å². The summed E-state index contributed by atoms with van der Waals surface area (Å²) in [5, 5.41) is 0. The van der Waals surface area contributed by atoms with Crippen molar-refractivity contribution < 1.29 is 9.53 Å². The van der Waals surface area contributed by atoms with Crippen molar-refractivity contribution in [1.29, 1.82) is 0 Å². The van der Waals surface area contributed by atoms with E-state index in [0.29, 0.717) is 0 Å². The molecular formula is C12H18O2. The molecule has 0 rings (SSSR count). The number of carbonyl (C=O) groups excluding carboxylic acids is 1. The van der Waals surface area contributed by atoms with Crippen LogP contribution < -0.4 is 0 Å². The lowest BCUT2D eigenvalue weighted by molar-refractivity contribution is -0.134. The molecule has 2 heteroatoms. The molecule has 0 aliphatic heterocycles. The molecule has 0 saturated carbocycles. The number of ether oxygens (including phenoxy) is 1. The minimum atomic E-state index is -0.327. The molecule has 0 fully saturated rings. The highest BCUT2D eigenvalue weighted by atomic mass is 16.5. The van der Waals surface area contributed by atoms with Gasteiger partial charge in [-0.1, -0.05) is 43.7 Å². The minimum absolute atomic E-state index is 0.327. The summed E-state index contributed by atoms with van der Waals surface area (Å²) in [6.45, 7) is 4.21. The Labute approximate surface area is 86.0 Å². The molecule has 0 atom stereocenters. The predicted octanol–water partition coefficient (Wildman–Crippen LogP) is 3.02. The summed E-state index contributed by atoms with van der Waals surface area (Å²) in [6.07, 6.45) is 11.2. The molecule has 0 aromatic carbocycles. The van der Waals surface area contributed by atoms with Crippen molar-refractivity contribution in [2.45, 2.75) is 26.7 Å². The Balaban J connectivity index is 4.09. The molecule has 0 heterocycles. The van der Waals surface area contributed by atoms with Crippen molar-refractivity contribution in [2.75, 3.05) is 7.11 Å². The molecular weight excluding hydrogens is 176 g/mol. The van der Waals surface area contributed by atoms with Gasteiger partial charge in [0.1, 0.15) is 0 Å². The molecule has 0 bridgehead atoms. The number of allylic oxidation sites excluding steroid dienone is 5. The summed E-state index contributed by atoms with van der Waals surface area (Å²) in [6, 6.07) is 0. The number of hydrogen-bond donors (Lipinski definition) is 0. The summed E-state index contributed by atoms with van der Waals surface area (Å²) in [7, 11) is 1.37. The van der Waals surface area contributed by atoms with Crippen LogP contribution in [-0.4, -0.2) is 13.1 Å². The van der Waals surface area contributed by atoms with Gasteiger partial charge in [0.15, 0.2) is 0 Å². The highest BCUT2D eigenvalue weighted by molar-refractivity contribution is 5.82. The highest BCUT2D eigenvalue weighted by Gasteiger charge is 1.87. The molecule has 78 valence electrons. The van der Waals surface area contributed by atoms with E-state index in [0.717, 1.165) is 12.8 Å². The van der Waals surface area contributed by atoms with Crippen LogP contribution in [0.3, 0.4) is 0 Å². The average Bonchev–Trinajstić information content (AvgIpc) is 2.22. The highest BCUT2D eigenvalue weighted by Crippen LogP contribution is 2.03. The Morgan fingerprint density at radius 1 is 1.21 bits per heavy atom. The van der Waals surface area contributed by atoms with Crippen LogP contribution in [0.2, 0.25) is 0 Å². The van der Waals surface area contributed by atoms with E-state index in [1.54, 1.807) is 6.08 Å². The third-order valence-corrected chi connectivity index (χ3v) is 1.73. The fraction of sp³-hybridized carbons (Fsp3) is 0.417. The zero-order valence-electron chi connectivity index (χ0n) is 9.12. The van der Waals surface area contributed by atoms with Crippen molar-refractivity contribution in [3.05, 3.63) is 36.0 Å². The Hall–Kier alpha value is -1.31. The lowest BCUT2D eigenvalue weighted by Crippen LogP contribution is -1.92. The van der Waals surface area contributed by atoms with Gasteiger partial charge >= 0.3 is 5.97 Å². The third kappa shape index (κ3) is 6.23. The van der Waals surface area contributed by atoms with Crippen LogP contribution >= 0.6 is 0 Å². The summed E-state index contributed by atoms with van der Waals surface area (Å²) < 4.78 is 4.46. The molecule has 0 radical (unpaired) electrons. The normalized spacial score (nSPS) is 12.6. The van der Waals surface area contributed by atoms with E-state index in [2.05, 4.69) is 24.7 Å². The maximum atomic E-state index is 10.7. The topological polar surface area (TPSA) is 26.3 Å². The van der Waals surface area contributed by atoms with Gasteiger partial charge in [-0.25, -0.2) is 4.79 Å². The summed E-state index contributed by atoms with van der Waals surface area (Å²) >= 11 is 0. The van der Waals surface area contributed by atoms with Crippen LogP contribution in [0.5, 0.6) is 0 Å². The maximum Gasteiger partial charge on any atom is 0.330 e. The molecule has 0 aromatic heterocycles. The molecule has 0 saturated heterocycles. The SMILES string of the molecule is CC/C=C(/C=C/C=C/C(=O)OC)CC. The van der Waals surface area contributed by atoms with Gasteiger partial charge in [0.05, 0.1) is 7.11 Å². The lowest BCUT2D eigenvalue weighted by atomic mass is 10.1. The van der Waals surface area contributed by atoms with Crippen LogP contribution in [0.15, 0.2) is 36.0 Å². The Morgan fingerprint density at radius 2 is 1.86 bits per heavy atom. The lowest BCUT2D eigenvalue weighted by Gasteiger charge is -1.93. The van der Waals surface area contributed by atoms with Gasteiger partial charge in [0, 0.05) is 6.08 Å². The second kappa shape index (κ2) is 8.30. The molecule has 0 aromatic rings. The molecule has 0 unspecified atom stereocenters. The van der Waals surface area contributed by atoms with Crippen LogP contribution in [0, 0.1) is 0 Å². The minimum Gasteiger partial charge on any atom is -0.466 e. The zero-order chi connectivity index (χ0) is 10.8. The van der Waals surface area contributed by atoms with Gasteiger partial charge in [0.2, 0.25) is 0 Å². The average molecular weight is 194 g/mol. The fourth-order valence-corrected chi connectivity index (χ4v) is 0.974. The van der Waals surface area contributed by atoms with E-state index in [-0.39, 0.29) is 5.97 Å². The number of rotatable bonds is 5. The van der Waals surface area contributed by atoms with Crippen molar-refractivity contribution in [3.63, 3.8) is 0 Å². The van der Waals surface area contributed by atoms with E-state index in [1.807, 2.05) is 12.2 Å². The van der Waals surface area contributed by atoms with Crippen molar-refractivity contribution in [2.24, 2.45) is 0 Å². The maximum absolute atomic E-state index is 10.7. The first-order chi connectivity index (χ1) is 6.74. The quantitative estimate of drug-likeness (QED) is 0.382. The first kappa shape index (κ1) is 12.7. The number of esters is 1. The predicted molar refractivity (Wildman–Crippen MR) is 59.0 cm³/mol. The molecule has 0 amide bonds. The van der Waals surface area contributed by atoms with Gasteiger partial charge < -0.3 is 4.74 Å². The molecule has 0 aliphatic carbocycles. The second-order valence-corrected chi connectivity index (χ2v) is 2.78. The van der Waals surface area contributed by atoms with E-state index in [1.165, 1.54) is 18.8 Å². The number of carbonyl (C=O) groups is 1. The molecule has 0 spiro atoms. The van der Waals surface area contributed by atoms with Gasteiger partial charge in [-0.15, -0.1) is 0 Å². The summed E-state index contributed by atoms with van der Waals surface area (Å²) in [5.74, 6) is -0.327. The third-order valence-electron chi connectivity index (χ3n) is 1.73. The largest absolute Gasteiger partial charge is 0.466 e. The first-order valence-electron chi connectivity index (χ1n) is 4.86. The van der Waals surface area contributed by atoms with Gasteiger partial charge in [0.25, 0.3) is 0 Å². The number of hydrogen-bond acceptors (Lipinski definition) is 2. The Morgan fingerprint density at radius 3 is 2.36 bits per heavy atom. The van der Waals surface area contributed by atoms with Crippen LogP contribution in [0.1, 0.15) is 26.7 Å². The second-order valence-electron chi connectivity index (χ2n) is 2.78. The van der Waals surface area contributed by atoms with Crippen molar-refractivity contribution >= 4 is 5.97 Å².